The van der Waals surface area contributed by atoms with E-state index in [-0.39, 0.29) is 11.0 Å². The number of hydrogen-bond acceptors (Lipinski definition) is 4. The molecule has 1 N–H and O–H groups in total. The number of rotatable bonds is 4. The van der Waals surface area contributed by atoms with Gasteiger partial charge in [-0.05, 0) is 18.2 Å². The quantitative estimate of drug-likeness (QED) is 0.883. The average Bonchev–Trinajstić information content (AvgIpc) is 2.40. The van der Waals surface area contributed by atoms with Gasteiger partial charge in [-0.2, -0.15) is 4.31 Å². The van der Waals surface area contributed by atoms with Crippen LogP contribution in [0.1, 0.15) is 0 Å². The van der Waals surface area contributed by atoms with Crippen molar-refractivity contribution in [1.82, 2.24) is 9.62 Å². The number of nitrogens with zero attached hydrogens (tertiary/aromatic N) is 1. The van der Waals surface area contributed by atoms with E-state index in [0.717, 1.165) is 11.0 Å². The molecule has 1 fully saturated rings. The number of sulfonamides is 1. The predicted molar refractivity (Wildman–Crippen MR) is 76.6 cm³/mol. The van der Waals surface area contributed by atoms with E-state index in [9.17, 15) is 8.42 Å². The molecule has 106 valence electrons. The molecule has 0 saturated carbocycles. The molecule has 1 saturated heterocycles. The van der Waals surface area contributed by atoms with E-state index in [4.69, 9.17) is 4.74 Å². The molecule has 1 unspecified atom stereocenters. The first kappa shape index (κ1) is 14.9. The van der Waals surface area contributed by atoms with Crippen LogP contribution in [0.5, 0.6) is 0 Å². The van der Waals surface area contributed by atoms with Gasteiger partial charge in [0, 0.05) is 31.2 Å². The van der Waals surface area contributed by atoms with Gasteiger partial charge in [0.2, 0.25) is 10.0 Å². The zero-order valence-corrected chi connectivity index (χ0v) is 13.1. The molecule has 0 bridgehead atoms. The highest BCUT2D eigenvalue weighted by Crippen LogP contribution is 2.19. The van der Waals surface area contributed by atoms with Gasteiger partial charge in [-0.25, -0.2) is 8.42 Å². The molecule has 0 amide bonds. The Labute approximate surface area is 122 Å². The molecule has 5 nitrogen and oxygen atoms in total. The molecule has 0 aromatic heterocycles. The third kappa shape index (κ3) is 3.76. The van der Waals surface area contributed by atoms with Crippen LogP contribution in [0.25, 0.3) is 0 Å². The lowest BCUT2D eigenvalue weighted by Gasteiger charge is -2.27. The van der Waals surface area contributed by atoms with E-state index in [2.05, 4.69) is 21.2 Å². The maximum Gasteiger partial charge on any atom is 0.242 e. The van der Waals surface area contributed by atoms with Gasteiger partial charge in [-0.3, -0.25) is 0 Å². The van der Waals surface area contributed by atoms with E-state index in [1.54, 1.807) is 31.3 Å². The average molecular weight is 349 g/mol. The van der Waals surface area contributed by atoms with E-state index in [1.807, 2.05) is 0 Å². The lowest BCUT2D eigenvalue weighted by Crippen LogP contribution is -2.45. The normalized spacial score (nSPS) is 20.7. The monoisotopic (exact) mass is 348 g/mol. The Bertz CT molecular complexity index is 530. The molecule has 2 rings (SSSR count). The summed E-state index contributed by atoms with van der Waals surface area (Å²) in [7, 11) is -1.89. The molecular weight excluding hydrogens is 332 g/mol. The molecule has 1 atom stereocenters. The predicted octanol–water partition coefficient (Wildman–Crippen LogP) is 1.06. The van der Waals surface area contributed by atoms with Crippen molar-refractivity contribution in [2.45, 2.75) is 11.0 Å². The van der Waals surface area contributed by atoms with Gasteiger partial charge >= 0.3 is 0 Å². The summed E-state index contributed by atoms with van der Waals surface area (Å²) >= 11 is 3.28. The number of likely N-dealkylation sites (N-methyl/N-ethyl adjacent to an activating group) is 1. The number of hydrogen-bond donors (Lipinski definition) is 1. The number of benzene rings is 1. The van der Waals surface area contributed by atoms with Crippen LogP contribution in [0.3, 0.4) is 0 Å². The van der Waals surface area contributed by atoms with E-state index in [0.29, 0.717) is 19.7 Å². The van der Waals surface area contributed by atoms with Crippen molar-refractivity contribution >= 4 is 26.0 Å². The number of nitrogens with one attached hydrogen (secondary N) is 1. The second kappa shape index (κ2) is 6.32. The van der Waals surface area contributed by atoms with Crippen LogP contribution in [-0.4, -0.2) is 52.1 Å². The zero-order valence-electron chi connectivity index (χ0n) is 10.7. The highest BCUT2D eigenvalue weighted by atomic mass is 79.9. The molecule has 1 heterocycles. The SMILES string of the molecule is CN(CC1CNCCO1)S(=O)(=O)c1cccc(Br)c1. The molecule has 1 aliphatic heterocycles. The summed E-state index contributed by atoms with van der Waals surface area (Å²) in [6.07, 6.45) is -0.0966. The number of ether oxygens (including phenoxy) is 1. The maximum atomic E-state index is 12.4. The fraction of sp³-hybridized carbons (Fsp3) is 0.500. The van der Waals surface area contributed by atoms with Crippen molar-refractivity contribution in [3.05, 3.63) is 28.7 Å². The van der Waals surface area contributed by atoms with Crippen molar-refractivity contribution in [2.75, 3.05) is 33.3 Å². The van der Waals surface area contributed by atoms with Crippen LogP contribution in [0, 0.1) is 0 Å². The minimum Gasteiger partial charge on any atom is -0.374 e. The van der Waals surface area contributed by atoms with E-state index >= 15 is 0 Å². The summed E-state index contributed by atoms with van der Waals surface area (Å²) in [5.74, 6) is 0. The Morgan fingerprint density at radius 1 is 1.53 bits per heavy atom. The fourth-order valence-electron chi connectivity index (χ4n) is 1.93. The van der Waals surface area contributed by atoms with Gasteiger partial charge in [0.15, 0.2) is 0 Å². The highest BCUT2D eigenvalue weighted by molar-refractivity contribution is 9.10. The van der Waals surface area contributed by atoms with Gasteiger partial charge < -0.3 is 10.1 Å². The smallest absolute Gasteiger partial charge is 0.242 e. The maximum absolute atomic E-state index is 12.4. The van der Waals surface area contributed by atoms with Crippen molar-refractivity contribution in [3.8, 4) is 0 Å². The first-order valence-corrected chi connectivity index (χ1v) is 8.27. The Morgan fingerprint density at radius 2 is 2.32 bits per heavy atom. The number of morpholine rings is 1. The summed E-state index contributed by atoms with van der Waals surface area (Å²) in [5, 5.41) is 3.19. The Hall–Kier alpha value is -0.470. The van der Waals surface area contributed by atoms with Crippen LogP contribution in [0.2, 0.25) is 0 Å². The van der Waals surface area contributed by atoms with Crippen molar-refractivity contribution in [1.29, 1.82) is 0 Å². The Kier molecular flexibility index (Phi) is 4.97. The lowest BCUT2D eigenvalue weighted by molar-refractivity contribution is 0.0206. The molecule has 1 aromatic rings. The standard InChI is InChI=1S/C12H17BrN2O3S/c1-15(9-11-8-14-5-6-18-11)19(16,17)12-4-2-3-10(13)7-12/h2-4,7,11,14H,5-6,8-9H2,1H3. The molecule has 19 heavy (non-hydrogen) atoms. The lowest BCUT2D eigenvalue weighted by atomic mass is 10.3. The summed E-state index contributed by atoms with van der Waals surface area (Å²) in [5.41, 5.74) is 0. The zero-order chi connectivity index (χ0) is 13.9. The minimum absolute atomic E-state index is 0.0966. The second-order valence-corrected chi connectivity index (χ2v) is 7.40. The molecule has 0 aliphatic carbocycles. The van der Waals surface area contributed by atoms with Crippen molar-refractivity contribution in [2.24, 2.45) is 0 Å². The van der Waals surface area contributed by atoms with Gasteiger partial charge in [-0.1, -0.05) is 22.0 Å². The summed E-state index contributed by atoms with van der Waals surface area (Å²) in [6, 6.07) is 6.71. The first-order valence-electron chi connectivity index (χ1n) is 6.04. The topological polar surface area (TPSA) is 58.6 Å². The van der Waals surface area contributed by atoms with Crippen LogP contribution in [0.4, 0.5) is 0 Å². The third-order valence-electron chi connectivity index (χ3n) is 2.97. The molecule has 0 spiro atoms. The summed E-state index contributed by atoms with van der Waals surface area (Å²) in [4.78, 5) is 0.285. The Balaban J connectivity index is 2.10. The van der Waals surface area contributed by atoms with E-state index < -0.39 is 10.0 Å². The van der Waals surface area contributed by atoms with Crippen molar-refractivity contribution in [3.63, 3.8) is 0 Å². The Morgan fingerprint density at radius 3 is 2.95 bits per heavy atom. The first-order chi connectivity index (χ1) is 9.00. The van der Waals surface area contributed by atoms with Gasteiger partial charge in [0.05, 0.1) is 17.6 Å². The third-order valence-corrected chi connectivity index (χ3v) is 5.28. The summed E-state index contributed by atoms with van der Waals surface area (Å²) in [6.45, 7) is 2.47. The molecular formula is C12H17BrN2O3S. The van der Waals surface area contributed by atoms with Crippen molar-refractivity contribution < 1.29 is 13.2 Å². The van der Waals surface area contributed by atoms with Crippen LogP contribution >= 0.6 is 15.9 Å². The van der Waals surface area contributed by atoms with Gasteiger partial charge in [-0.15, -0.1) is 0 Å². The molecule has 1 aliphatic rings. The largest absolute Gasteiger partial charge is 0.374 e. The van der Waals surface area contributed by atoms with Crippen LogP contribution < -0.4 is 5.32 Å². The van der Waals surface area contributed by atoms with Gasteiger partial charge in [0.1, 0.15) is 0 Å². The minimum atomic E-state index is -3.47. The van der Waals surface area contributed by atoms with Crippen LogP contribution in [0.15, 0.2) is 33.6 Å². The highest BCUT2D eigenvalue weighted by Gasteiger charge is 2.25. The van der Waals surface area contributed by atoms with E-state index in [1.165, 1.54) is 4.31 Å². The van der Waals surface area contributed by atoms with Gasteiger partial charge in [0.25, 0.3) is 0 Å². The van der Waals surface area contributed by atoms with Crippen LogP contribution in [-0.2, 0) is 14.8 Å². The molecule has 0 radical (unpaired) electrons. The summed E-state index contributed by atoms with van der Waals surface area (Å²) < 4.78 is 32.4. The number of halogens is 1. The fourth-order valence-corrected chi connectivity index (χ4v) is 3.73. The molecule has 7 heteroatoms. The molecule has 1 aromatic carbocycles. The second-order valence-electron chi connectivity index (χ2n) is 4.44.